The fourth-order valence-corrected chi connectivity index (χ4v) is 3.51. The van der Waals surface area contributed by atoms with Crippen molar-refractivity contribution in [1.82, 2.24) is 4.72 Å². The SMILES string of the molecule is COc1cc(S(=O)(=O)NCCCCCC(=O)O)c(Cl)cc1[N+](=O)[O-]. The smallest absolute Gasteiger partial charge is 0.312 e. The van der Waals surface area contributed by atoms with Gasteiger partial charge in [-0.15, -0.1) is 0 Å². The highest BCUT2D eigenvalue weighted by molar-refractivity contribution is 7.89. The number of unbranched alkanes of at least 4 members (excludes halogenated alkanes) is 2. The van der Waals surface area contributed by atoms with Crippen molar-refractivity contribution < 1.29 is 28.0 Å². The van der Waals surface area contributed by atoms with Gasteiger partial charge in [0.15, 0.2) is 5.75 Å². The molecule has 0 fully saturated rings. The molecular formula is C13H17ClN2O7S. The van der Waals surface area contributed by atoms with Crippen LogP contribution in [0.4, 0.5) is 5.69 Å². The average molecular weight is 381 g/mol. The Kier molecular flexibility index (Phi) is 7.39. The third kappa shape index (κ3) is 5.62. The number of nitro benzene ring substituents is 1. The van der Waals surface area contributed by atoms with Crippen LogP contribution in [0.3, 0.4) is 0 Å². The first-order chi connectivity index (χ1) is 11.2. The van der Waals surface area contributed by atoms with E-state index in [0.717, 1.165) is 12.1 Å². The highest BCUT2D eigenvalue weighted by Crippen LogP contribution is 2.35. The molecule has 0 aliphatic carbocycles. The molecule has 0 unspecified atom stereocenters. The number of rotatable bonds is 10. The number of sulfonamides is 1. The van der Waals surface area contributed by atoms with Crippen molar-refractivity contribution >= 4 is 33.3 Å². The minimum absolute atomic E-state index is 0.0259. The Morgan fingerprint density at radius 2 is 2.04 bits per heavy atom. The van der Waals surface area contributed by atoms with E-state index in [1.165, 1.54) is 7.11 Å². The summed E-state index contributed by atoms with van der Waals surface area (Å²) in [5.74, 6) is -1.12. The van der Waals surface area contributed by atoms with Gasteiger partial charge in [-0.2, -0.15) is 0 Å². The monoisotopic (exact) mass is 380 g/mol. The molecule has 0 heterocycles. The fourth-order valence-electron chi connectivity index (χ4n) is 1.90. The number of nitro groups is 1. The molecule has 0 amide bonds. The summed E-state index contributed by atoms with van der Waals surface area (Å²) in [5.41, 5.74) is -0.435. The van der Waals surface area contributed by atoms with Gasteiger partial charge in [-0.1, -0.05) is 18.0 Å². The lowest BCUT2D eigenvalue weighted by atomic mass is 10.2. The van der Waals surface area contributed by atoms with E-state index in [0.29, 0.717) is 19.3 Å². The van der Waals surface area contributed by atoms with Crippen molar-refractivity contribution in [3.8, 4) is 5.75 Å². The first-order valence-electron chi connectivity index (χ1n) is 6.92. The van der Waals surface area contributed by atoms with Gasteiger partial charge < -0.3 is 9.84 Å². The molecule has 1 aromatic carbocycles. The first kappa shape index (κ1) is 20.1. The summed E-state index contributed by atoms with van der Waals surface area (Å²) in [6, 6.07) is 1.91. The molecule has 0 saturated carbocycles. The van der Waals surface area contributed by atoms with Crippen LogP contribution < -0.4 is 9.46 Å². The average Bonchev–Trinajstić information content (AvgIpc) is 2.49. The summed E-state index contributed by atoms with van der Waals surface area (Å²) in [4.78, 5) is 20.2. The Morgan fingerprint density at radius 1 is 1.38 bits per heavy atom. The molecule has 2 N–H and O–H groups in total. The van der Waals surface area contributed by atoms with E-state index in [4.69, 9.17) is 21.4 Å². The van der Waals surface area contributed by atoms with E-state index >= 15 is 0 Å². The highest BCUT2D eigenvalue weighted by Gasteiger charge is 2.25. The molecule has 0 spiro atoms. The van der Waals surface area contributed by atoms with Gasteiger partial charge in [-0.25, -0.2) is 13.1 Å². The van der Waals surface area contributed by atoms with Crippen molar-refractivity contribution in [2.75, 3.05) is 13.7 Å². The van der Waals surface area contributed by atoms with Gasteiger partial charge in [0.2, 0.25) is 10.0 Å². The second-order valence-corrected chi connectivity index (χ2v) is 6.96. The van der Waals surface area contributed by atoms with E-state index in [2.05, 4.69) is 4.72 Å². The van der Waals surface area contributed by atoms with E-state index < -0.39 is 26.6 Å². The van der Waals surface area contributed by atoms with Crippen LogP contribution in [0.5, 0.6) is 5.75 Å². The Balaban J connectivity index is 2.80. The number of carboxylic acid groups (broad SMARTS) is 1. The number of aliphatic carboxylic acids is 1. The maximum absolute atomic E-state index is 12.2. The molecule has 0 atom stereocenters. The van der Waals surface area contributed by atoms with Crippen molar-refractivity contribution in [1.29, 1.82) is 0 Å². The van der Waals surface area contributed by atoms with Crippen LogP contribution in [0.15, 0.2) is 17.0 Å². The number of halogens is 1. The Hall–Kier alpha value is -1.91. The molecule has 0 saturated heterocycles. The maximum Gasteiger partial charge on any atom is 0.312 e. The molecule has 9 nitrogen and oxygen atoms in total. The summed E-state index contributed by atoms with van der Waals surface area (Å²) >= 11 is 5.84. The van der Waals surface area contributed by atoms with Crippen LogP contribution in [0.2, 0.25) is 5.02 Å². The van der Waals surface area contributed by atoms with Gasteiger partial charge in [0, 0.05) is 25.1 Å². The molecular weight excluding hydrogens is 364 g/mol. The van der Waals surface area contributed by atoms with Crippen LogP contribution in [0.25, 0.3) is 0 Å². The largest absolute Gasteiger partial charge is 0.490 e. The van der Waals surface area contributed by atoms with Crippen molar-refractivity contribution in [2.24, 2.45) is 0 Å². The number of carbonyl (C=O) groups is 1. The third-order valence-corrected chi connectivity index (χ3v) is 5.00. The summed E-state index contributed by atoms with van der Waals surface area (Å²) in [5, 5.41) is 19.1. The second kappa shape index (κ2) is 8.81. The lowest BCUT2D eigenvalue weighted by Gasteiger charge is -2.10. The number of carboxylic acids is 1. The predicted molar refractivity (Wildman–Crippen MR) is 86.0 cm³/mol. The lowest BCUT2D eigenvalue weighted by Crippen LogP contribution is -2.25. The van der Waals surface area contributed by atoms with Crippen molar-refractivity contribution in [2.45, 2.75) is 30.6 Å². The molecule has 0 aliphatic rings. The molecule has 0 aromatic heterocycles. The highest BCUT2D eigenvalue weighted by atomic mass is 35.5. The van der Waals surface area contributed by atoms with E-state index in [-0.39, 0.29) is 28.6 Å². The number of hydrogen-bond acceptors (Lipinski definition) is 6. The molecule has 0 bridgehead atoms. The summed E-state index contributed by atoms with van der Waals surface area (Å²) in [6.45, 7) is 0.0948. The van der Waals surface area contributed by atoms with Gasteiger partial charge in [0.25, 0.3) is 0 Å². The van der Waals surface area contributed by atoms with Gasteiger partial charge in [-0.3, -0.25) is 14.9 Å². The number of hydrogen-bond donors (Lipinski definition) is 2. The molecule has 11 heteroatoms. The predicted octanol–water partition coefficient (Wildman–Crippen LogP) is 2.18. The second-order valence-electron chi connectivity index (χ2n) is 4.81. The van der Waals surface area contributed by atoms with Crippen LogP contribution >= 0.6 is 11.6 Å². The summed E-state index contributed by atoms with van der Waals surface area (Å²) in [7, 11) is -2.79. The van der Waals surface area contributed by atoms with Crippen LogP contribution in [-0.2, 0) is 14.8 Å². The zero-order valence-electron chi connectivity index (χ0n) is 12.8. The molecule has 134 valence electrons. The van der Waals surface area contributed by atoms with Gasteiger partial charge in [0.05, 0.1) is 17.1 Å². The molecule has 0 aliphatic heterocycles. The maximum atomic E-state index is 12.2. The summed E-state index contributed by atoms with van der Waals surface area (Å²) < 4.78 is 31.6. The van der Waals surface area contributed by atoms with Crippen LogP contribution in [0, 0.1) is 10.1 Å². The van der Waals surface area contributed by atoms with E-state index in [1.807, 2.05) is 0 Å². The number of benzene rings is 1. The molecule has 1 rings (SSSR count). The number of nitrogens with one attached hydrogen (secondary N) is 1. The lowest BCUT2D eigenvalue weighted by molar-refractivity contribution is -0.385. The normalized spacial score (nSPS) is 11.2. The minimum atomic E-state index is -3.97. The van der Waals surface area contributed by atoms with Crippen molar-refractivity contribution in [3.63, 3.8) is 0 Å². The number of methoxy groups -OCH3 is 1. The topological polar surface area (TPSA) is 136 Å². The summed E-state index contributed by atoms with van der Waals surface area (Å²) in [6.07, 6.45) is 1.47. The number of nitrogens with zero attached hydrogens (tertiary/aromatic N) is 1. The Labute approximate surface area is 143 Å². The first-order valence-corrected chi connectivity index (χ1v) is 8.78. The van der Waals surface area contributed by atoms with Crippen LogP contribution in [0.1, 0.15) is 25.7 Å². The Bertz CT molecular complexity index is 721. The minimum Gasteiger partial charge on any atom is -0.490 e. The fraction of sp³-hybridized carbons (Fsp3) is 0.462. The van der Waals surface area contributed by atoms with Gasteiger partial charge >= 0.3 is 11.7 Å². The quantitative estimate of drug-likeness (QED) is 0.360. The third-order valence-electron chi connectivity index (χ3n) is 3.08. The van der Waals surface area contributed by atoms with E-state index in [9.17, 15) is 23.3 Å². The van der Waals surface area contributed by atoms with E-state index in [1.54, 1.807) is 0 Å². The molecule has 1 aromatic rings. The number of ether oxygens (including phenoxy) is 1. The van der Waals surface area contributed by atoms with Gasteiger partial charge in [-0.05, 0) is 12.8 Å². The molecule has 0 radical (unpaired) electrons. The van der Waals surface area contributed by atoms with Crippen LogP contribution in [-0.4, -0.2) is 38.1 Å². The Morgan fingerprint density at radius 3 is 2.58 bits per heavy atom. The zero-order valence-corrected chi connectivity index (χ0v) is 14.4. The molecule has 24 heavy (non-hydrogen) atoms. The standard InChI is InChI=1S/C13H17ClN2O7S/c1-23-11-8-12(9(14)7-10(11)16(19)20)24(21,22)15-6-4-2-3-5-13(17)18/h7-8,15H,2-6H2,1H3,(H,17,18). The zero-order chi connectivity index (χ0) is 18.3. The van der Waals surface area contributed by atoms with Gasteiger partial charge in [0.1, 0.15) is 4.90 Å². The van der Waals surface area contributed by atoms with Crippen molar-refractivity contribution in [3.05, 3.63) is 27.3 Å².